The van der Waals surface area contributed by atoms with Crippen LogP contribution in [0, 0.1) is 0 Å². The zero-order valence-corrected chi connectivity index (χ0v) is 13.6. The summed E-state index contributed by atoms with van der Waals surface area (Å²) in [5.41, 5.74) is 2.67. The Balaban J connectivity index is 1.55. The molecule has 1 aromatic heterocycles. The van der Waals surface area contributed by atoms with Gasteiger partial charge >= 0.3 is 0 Å². The van der Waals surface area contributed by atoms with Crippen molar-refractivity contribution in [3.63, 3.8) is 0 Å². The number of thiazole rings is 1. The second-order valence-electron chi connectivity index (χ2n) is 5.68. The van der Waals surface area contributed by atoms with Crippen LogP contribution in [0.3, 0.4) is 0 Å². The van der Waals surface area contributed by atoms with Crippen LogP contribution in [-0.2, 0) is 11.2 Å². The number of carbonyl (C=O) groups is 2. The summed E-state index contributed by atoms with van der Waals surface area (Å²) in [5, 5.41) is 3.01. The molecule has 1 N–H and O–H groups in total. The molecule has 2 amide bonds. The molecule has 0 spiro atoms. The molecule has 0 aliphatic carbocycles. The molecule has 1 aliphatic rings. The van der Waals surface area contributed by atoms with Gasteiger partial charge in [-0.2, -0.15) is 0 Å². The molecule has 1 unspecified atom stereocenters. The number of nitrogens with one attached hydrogen (secondary N) is 1. The number of piperidine rings is 1. The average Bonchev–Trinajstić information content (AvgIpc) is 3.11. The maximum atomic E-state index is 12.4. The number of carbonyl (C=O) groups excluding carboxylic acids is 2. The molecule has 5 nitrogen and oxygen atoms in total. The fourth-order valence-corrected chi connectivity index (χ4v) is 3.31. The fourth-order valence-electron chi connectivity index (χ4n) is 2.79. The maximum Gasteiger partial charge on any atom is 0.263 e. The first-order chi connectivity index (χ1) is 11.2. The number of amides is 2. The zero-order valence-electron chi connectivity index (χ0n) is 12.8. The van der Waals surface area contributed by atoms with Crippen molar-refractivity contribution < 1.29 is 9.59 Å². The van der Waals surface area contributed by atoms with E-state index >= 15 is 0 Å². The Hall–Kier alpha value is -2.21. The van der Waals surface area contributed by atoms with Gasteiger partial charge in [-0.3, -0.25) is 14.6 Å². The molecule has 1 saturated heterocycles. The number of rotatable bonds is 4. The van der Waals surface area contributed by atoms with E-state index in [1.54, 1.807) is 11.7 Å². The van der Waals surface area contributed by atoms with Gasteiger partial charge in [0.15, 0.2) is 0 Å². The van der Waals surface area contributed by atoms with Crippen molar-refractivity contribution in [1.82, 2.24) is 15.2 Å². The van der Waals surface area contributed by atoms with Crippen LogP contribution in [0.4, 0.5) is 0 Å². The minimum Gasteiger partial charge on any atom is -0.347 e. The zero-order chi connectivity index (χ0) is 16.1. The van der Waals surface area contributed by atoms with Gasteiger partial charge < -0.3 is 10.2 Å². The van der Waals surface area contributed by atoms with E-state index in [0.29, 0.717) is 17.8 Å². The SMILES string of the molecule is O=C(NC1CCCN(C(=O)Cc2ccccc2)C1)c1cncs1. The van der Waals surface area contributed by atoms with Gasteiger partial charge in [0, 0.05) is 19.1 Å². The van der Waals surface area contributed by atoms with E-state index in [0.717, 1.165) is 24.9 Å². The van der Waals surface area contributed by atoms with Crippen molar-refractivity contribution in [2.45, 2.75) is 25.3 Å². The molecule has 120 valence electrons. The first-order valence-electron chi connectivity index (χ1n) is 7.73. The molecule has 1 aromatic carbocycles. The number of nitrogens with zero attached hydrogens (tertiary/aromatic N) is 2. The lowest BCUT2D eigenvalue weighted by molar-refractivity contribution is -0.131. The number of benzene rings is 1. The molecule has 1 fully saturated rings. The largest absolute Gasteiger partial charge is 0.347 e. The lowest BCUT2D eigenvalue weighted by atomic mass is 10.0. The summed E-state index contributed by atoms with van der Waals surface area (Å²) in [6, 6.07) is 9.77. The number of likely N-dealkylation sites (tertiary alicyclic amines) is 1. The third kappa shape index (κ3) is 4.16. The van der Waals surface area contributed by atoms with Crippen molar-refractivity contribution in [3.05, 3.63) is 52.5 Å². The Bertz CT molecular complexity index is 658. The quantitative estimate of drug-likeness (QED) is 0.934. The highest BCUT2D eigenvalue weighted by Crippen LogP contribution is 2.14. The van der Waals surface area contributed by atoms with Gasteiger partial charge in [0.25, 0.3) is 5.91 Å². The smallest absolute Gasteiger partial charge is 0.263 e. The van der Waals surface area contributed by atoms with Crippen molar-refractivity contribution in [2.75, 3.05) is 13.1 Å². The molecule has 0 radical (unpaired) electrons. The van der Waals surface area contributed by atoms with Gasteiger partial charge in [0.05, 0.1) is 18.1 Å². The Labute approximate surface area is 139 Å². The summed E-state index contributed by atoms with van der Waals surface area (Å²) in [7, 11) is 0. The van der Waals surface area contributed by atoms with E-state index in [1.807, 2.05) is 35.2 Å². The van der Waals surface area contributed by atoms with Gasteiger partial charge in [-0.05, 0) is 18.4 Å². The van der Waals surface area contributed by atoms with Crippen LogP contribution >= 0.6 is 11.3 Å². The van der Waals surface area contributed by atoms with Gasteiger partial charge in [-0.25, -0.2) is 0 Å². The average molecular weight is 329 g/mol. The summed E-state index contributed by atoms with van der Waals surface area (Å²) in [5.74, 6) is 0.0165. The topological polar surface area (TPSA) is 62.3 Å². The Morgan fingerprint density at radius 1 is 1.30 bits per heavy atom. The van der Waals surface area contributed by atoms with Gasteiger partial charge in [0.2, 0.25) is 5.91 Å². The number of aromatic nitrogens is 1. The molecular formula is C17H19N3O2S. The first-order valence-corrected chi connectivity index (χ1v) is 8.61. The molecule has 6 heteroatoms. The molecular weight excluding hydrogens is 310 g/mol. The van der Waals surface area contributed by atoms with Crippen LogP contribution in [0.5, 0.6) is 0 Å². The monoisotopic (exact) mass is 329 g/mol. The minimum atomic E-state index is -0.102. The summed E-state index contributed by atoms with van der Waals surface area (Å²) in [6.45, 7) is 1.34. The molecule has 2 aromatic rings. The van der Waals surface area contributed by atoms with Crippen LogP contribution in [0.15, 0.2) is 42.0 Å². The summed E-state index contributed by atoms with van der Waals surface area (Å²) < 4.78 is 0. The third-order valence-electron chi connectivity index (χ3n) is 3.96. The maximum absolute atomic E-state index is 12.4. The molecule has 3 rings (SSSR count). The predicted molar refractivity (Wildman–Crippen MR) is 89.3 cm³/mol. The van der Waals surface area contributed by atoms with Crippen molar-refractivity contribution >= 4 is 23.2 Å². The van der Waals surface area contributed by atoms with Crippen LogP contribution in [0.1, 0.15) is 28.1 Å². The second-order valence-corrected chi connectivity index (χ2v) is 6.57. The second kappa shape index (κ2) is 7.37. The lowest BCUT2D eigenvalue weighted by Crippen LogP contribution is -2.49. The minimum absolute atomic E-state index is 0.0121. The third-order valence-corrected chi connectivity index (χ3v) is 4.74. The standard InChI is InChI=1S/C17H19N3O2S/c21-16(9-13-5-2-1-3-6-13)20-8-4-7-14(11-20)19-17(22)15-10-18-12-23-15/h1-3,5-6,10,12,14H,4,7-9,11H2,(H,19,22). The van der Waals surface area contributed by atoms with Crippen molar-refractivity contribution in [1.29, 1.82) is 0 Å². The number of hydrogen-bond donors (Lipinski definition) is 1. The molecule has 2 heterocycles. The van der Waals surface area contributed by atoms with E-state index in [4.69, 9.17) is 0 Å². The highest BCUT2D eigenvalue weighted by molar-refractivity contribution is 7.11. The van der Waals surface area contributed by atoms with Crippen LogP contribution in [0.2, 0.25) is 0 Å². The van der Waals surface area contributed by atoms with Crippen LogP contribution < -0.4 is 5.32 Å². The highest BCUT2D eigenvalue weighted by Gasteiger charge is 2.25. The number of hydrogen-bond acceptors (Lipinski definition) is 4. The van der Waals surface area contributed by atoms with Gasteiger partial charge in [-0.1, -0.05) is 30.3 Å². The van der Waals surface area contributed by atoms with E-state index in [9.17, 15) is 9.59 Å². The molecule has 1 atom stereocenters. The van der Waals surface area contributed by atoms with E-state index in [-0.39, 0.29) is 17.9 Å². The Morgan fingerprint density at radius 3 is 2.87 bits per heavy atom. The van der Waals surface area contributed by atoms with E-state index in [2.05, 4.69) is 10.3 Å². The van der Waals surface area contributed by atoms with Crippen LogP contribution in [-0.4, -0.2) is 40.8 Å². The molecule has 0 saturated carbocycles. The van der Waals surface area contributed by atoms with E-state index in [1.165, 1.54) is 11.3 Å². The van der Waals surface area contributed by atoms with E-state index < -0.39 is 0 Å². The van der Waals surface area contributed by atoms with Crippen molar-refractivity contribution in [2.24, 2.45) is 0 Å². The molecule has 1 aliphatic heterocycles. The molecule has 0 bridgehead atoms. The van der Waals surface area contributed by atoms with Gasteiger partial charge in [-0.15, -0.1) is 11.3 Å². The predicted octanol–water partition coefficient (Wildman–Crippen LogP) is 2.11. The summed E-state index contributed by atoms with van der Waals surface area (Å²) >= 11 is 1.32. The molecule has 23 heavy (non-hydrogen) atoms. The first kappa shape index (κ1) is 15.7. The fraction of sp³-hybridized carbons (Fsp3) is 0.353. The lowest BCUT2D eigenvalue weighted by Gasteiger charge is -2.33. The van der Waals surface area contributed by atoms with Gasteiger partial charge in [0.1, 0.15) is 4.88 Å². The normalized spacial score (nSPS) is 17.7. The summed E-state index contributed by atoms with van der Waals surface area (Å²) in [6.07, 6.45) is 3.80. The highest BCUT2D eigenvalue weighted by atomic mass is 32.1. The Morgan fingerprint density at radius 2 is 2.13 bits per heavy atom. The Kier molecular flexibility index (Phi) is 5.02. The van der Waals surface area contributed by atoms with Crippen molar-refractivity contribution in [3.8, 4) is 0 Å². The van der Waals surface area contributed by atoms with Crippen LogP contribution in [0.25, 0.3) is 0 Å². The summed E-state index contributed by atoms with van der Waals surface area (Å²) in [4.78, 5) is 30.9.